The van der Waals surface area contributed by atoms with E-state index in [-0.39, 0.29) is 22.8 Å². The summed E-state index contributed by atoms with van der Waals surface area (Å²) in [6.45, 7) is 0. The molecule has 0 heterocycles. The highest BCUT2D eigenvalue weighted by atomic mass is 35.5. The summed E-state index contributed by atoms with van der Waals surface area (Å²) >= 11 is 5.81. The van der Waals surface area contributed by atoms with Crippen LogP contribution in [0.2, 0.25) is 5.02 Å². The lowest BCUT2D eigenvalue weighted by Crippen LogP contribution is -2.12. The third kappa shape index (κ3) is 4.93. The number of carbonyl (C=O) groups excluding carboxylic acids is 2. The third-order valence-electron chi connectivity index (χ3n) is 2.86. The normalized spacial score (nSPS) is 10.7. The highest BCUT2D eigenvalue weighted by Crippen LogP contribution is 2.20. The molecule has 23 heavy (non-hydrogen) atoms. The molecule has 0 unspecified atom stereocenters. The molecule has 0 bridgehead atoms. The van der Waals surface area contributed by atoms with Crippen LogP contribution in [0.3, 0.4) is 0 Å². The van der Waals surface area contributed by atoms with E-state index in [4.69, 9.17) is 11.6 Å². The van der Waals surface area contributed by atoms with Crippen molar-refractivity contribution in [3.05, 3.63) is 70.5 Å². The van der Waals surface area contributed by atoms with Crippen LogP contribution in [0.15, 0.2) is 48.5 Å². The Hall–Kier alpha value is -2.66. The fraction of sp³-hybridized carbons (Fsp3) is 0.0588. The summed E-state index contributed by atoms with van der Waals surface area (Å²) in [6.07, 6.45) is 1.89. The van der Waals surface area contributed by atoms with E-state index in [9.17, 15) is 19.1 Å². The maximum Gasteiger partial charge on any atom is 0.338 e. The van der Waals surface area contributed by atoms with E-state index in [0.717, 1.165) is 12.2 Å². The Bertz CT molecular complexity index is 751. The number of esters is 2. The molecule has 0 aromatic heterocycles. The number of halogens is 2. The number of ether oxygens (including phenoxy) is 1. The molecular weight excluding hydrogens is 323 g/mol. The first-order valence-electron chi connectivity index (χ1n) is 6.60. The van der Waals surface area contributed by atoms with Crippen molar-refractivity contribution in [1.29, 1.82) is 0 Å². The van der Waals surface area contributed by atoms with Gasteiger partial charge in [-0.15, -0.1) is 0 Å². The van der Waals surface area contributed by atoms with Crippen molar-refractivity contribution in [3.8, 4) is 5.75 Å². The average Bonchev–Trinajstić information content (AvgIpc) is 2.46. The van der Waals surface area contributed by atoms with E-state index in [1.165, 1.54) is 30.3 Å². The van der Waals surface area contributed by atoms with E-state index >= 15 is 0 Å². The topological polar surface area (TPSA) is 63.6 Å². The van der Waals surface area contributed by atoms with Crippen molar-refractivity contribution in [2.45, 2.75) is 6.42 Å². The maximum atomic E-state index is 13.5. The lowest BCUT2D eigenvalue weighted by Gasteiger charge is -2.02. The lowest BCUT2D eigenvalue weighted by atomic mass is 10.1. The van der Waals surface area contributed by atoms with Gasteiger partial charge in [0.05, 0.1) is 11.4 Å². The van der Waals surface area contributed by atoms with Crippen molar-refractivity contribution in [3.63, 3.8) is 0 Å². The highest BCUT2D eigenvalue weighted by molar-refractivity contribution is 6.32. The van der Waals surface area contributed by atoms with Crippen molar-refractivity contribution in [1.82, 2.24) is 0 Å². The highest BCUT2D eigenvalue weighted by Gasteiger charge is 2.10. The van der Waals surface area contributed by atoms with E-state index in [0.29, 0.717) is 5.56 Å². The molecule has 0 spiro atoms. The van der Waals surface area contributed by atoms with E-state index in [2.05, 4.69) is 4.74 Å². The summed E-state index contributed by atoms with van der Waals surface area (Å²) in [5, 5.41) is 9.43. The second-order valence-electron chi connectivity index (χ2n) is 4.61. The first-order valence-corrected chi connectivity index (χ1v) is 6.98. The number of carbonyl (C=O) groups is 2. The number of phenolic OH excluding ortho intramolecular Hbond substituents is 1. The van der Waals surface area contributed by atoms with Gasteiger partial charge in [-0.2, -0.15) is 0 Å². The summed E-state index contributed by atoms with van der Waals surface area (Å²) in [5.41, 5.74) is 0.537. The summed E-state index contributed by atoms with van der Waals surface area (Å²) in [5.74, 6) is -2.30. The molecule has 0 aliphatic carbocycles. The minimum atomic E-state index is -0.936. The zero-order valence-electron chi connectivity index (χ0n) is 11.8. The second-order valence-corrected chi connectivity index (χ2v) is 5.02. The Balaban J connectivity index is 1.96. The first kappa shape index (κ1) is 16.7. The zero-order chi connectivity index (χ0) is 16.8. The van der Waals surface area contributed by atoms with E-state index < -0.39 is 17.8 Å². The summed E-state index contributed by atoms with van der Waals surface area (Å²) in [6, 6.07) is 10.1. The monoisotopic (exact) mass is 334 g/mol. The van der Waals surface area contributed by atoms with Crippen molar-refractivity contribution in [2.75, 3.05) is 0 Å². The predicted molar refractivity (Wildman–Crippen MR) is 83.4 cm³/mol. The third-order valence-corrected chi connectivity index (χ3v) is 3.19. The predicted octanol–water partition coefficient (Wildman–Crippen LogP) is 3.51. The SMILES string of the molecule is O=C(/C=C/c1c(F)cccc1Cl)OC(=O)Cc1cccc(O)c1. The number of hydrogen-bond acceptors (Lipinski definition) is 4. The van der Waals surface area contributed by atoms with Gasteiger partial charge in [0, 0.05) is 11.6 Å². The molecule has 0 atom stereocenters. The molecule has 2 aromatic rings. The van der Waals surface area contributed by atoms with Gasteiger partial charge in [-0.3, -0.25) is 4.79 Å². The van der Waals surface area contributed by atoms with Gasteiger partial charge in [-0.1, -0.05) is 29.8 Å². The van der Waals surface area contributed by atoms with E-state index in [1.54, 1.807) is 12.1 Å². The Labute approximate surface area is 136 Å². The van der Waals surface area contributed by atoms with Gasteiger partial charge in [0.15, 0.2) is 0 Å². The number of hydrogen-bond donors (Lipinski definition) is 1. The first-order chi connectivity index (χ1) is 11.0. The van der Waals surface area contributed by atoms with Crippen molar-refractivity contribution in [2.24, 2.45) is 0 Å². The fourth-order valence-corrected chi connectivity index (χ4v) is 2.06. The smallest absolute Gasteiger partial charge is 0.338 e. The molecular formula is C17H12ClFO4. The number of benzene rings is 2. The Morgan fingerprint density at radius 3 is 2.65 bits per heavy atom. The van der Waals surface area contributed by atoms with Crippen LogP contribution in [-0.4, -0.2) is 17.0 Å². The van der Waals surface area contributed by atoms with Crippen LogP contribution in [0.5, 0.6) is 5.75 Å². The van der Waals surface area contributed by atoms with Crippen molar-refractivity contribution < 1.29 is 23.8 Å². The van der Waals surface area contributed by atoms with Gasteiger partial charge < -0.3 is 9.84 Å². The Morgan fingerprint density at radius 2 is 1.96 bits per heavy atom. The van der Waals surface area contributed by atoms with Gasteiger partial charge in [-0.25, -0.2) is 9.18 Å². The molecule has 2 aromatic carbocycles. The van der Waals surface area contributed by atoms with Gasteiger partial charge >= 0.3 is 11.9 Å². The fourth-order valence-electron chi connectivity index (χ4n) is 1.84. The van der Waals surface area contributed by atoms with Gasteiger partial charge in [0.1, 0.15) is 11.6 Å². The summed E-state index contributed by atoms with van der Waals surface area (Å²) in [4.78, 5) is 23.2. The molecule has 0 saturated heterocycles. The molecule has 0 fully saturated rings. The van der Waals surface area contributed by atoms with Crippen LogP contribution in [0, 0.1) is 5.82 Å². The van der Waals surface area contributed by atoms with E-state index in [1.807, 2.05) is 0 Å². The number of phenols is 1. The van der Waals surface area contributed by atoms with Crippen LogP contribution >= 0.6 is 11.6 Å². The van der Waals surface area contributed by atoms with Gasteiger partial charge in [-0.05, 0) is 35.9 Å². The molecule has 0 saturated carbocycles. The van der Waals surface area contributed by atoms with Crippen LogP contribution < -0.4 is 0 Å². The second kappa shape index (κ2) is 7.56. The molecule has 4 nitrogen and oxygen atoms in total. The minimum absolute atomic E-state index is 0.00992. The molecule has 0 aliphatic rings. The van der Waals surface area contributed by atoms with Gasteiger partial charge in [0.25, 0.3) is 0 Å². The minimum Gasteiger partial charge on any atom is -0.508 e. The Morgan fingerprint density at radius 1 is 1.22 bits per heavy atom. The lowest BCUT2D eigenvalue weighted by molar-refractivity contribution is -0.155. The van der Waals surface area contributed by atoms with Gasteiger partial charge in [0.2, 0.25) is 0 Å². The number of aromatic hydroxyl groups is 1. The molecule has 2 rings (SSSR count). The quantitative estimate of drug-likeness (QED) is 0.528. The molecule has 1 N–H and O–H groups in total. The molecule has 0 radical (unpaired) electrons. The maximum absolute atomic E-state index is 13.5. The zero-order valence-corrected chi connectivity index (χ0v) is 12.6. The molecule has 118 valence electrons. The van der Waals surface area contributed by atoms with Crippen molar-refractivity contribution >= 4 is 29.6 Å². The standard InChI is InChI=1S/C17H12ClFO4/c18-14-5-2-6-15(19)13(14)7-8-16(21)23-17(22)10-11-3-1-4-12(20)9-11/h1-9,20H,10H2/b8-7+. The summed E-state index contributed by atoms with van der Waals surface area (Å²) < 4.78 is 18.1. The van der Waals surface area contributed by atoms with Crippen LogP contribution in [0.25, 0.3) is 6.08 Å². The molecule has 6 heteroatoms. The van der Waals surface area contributed by atoms with Crippen LogP contribution in [0.1, 0.15) is 11.1 Å². The van der Waals surface area contributed by atoms with Crippen LogP contribution in [-0.2, 0) is 20.7 Å². The molecule has 0 amide bonds. The summed E-state index contributed by atoms with van der Waals surface area (Å²) in [7, 11) is 0. The van der Waals surface area contributed by atoms with Crippen LogP contribution in [0.4, 0.5) is 4.39 Å². The Kier molecular flexibility index (Phi) is 5.49. The largest absolute Gasteiger partial charge is 0.508 e. The average molecular weight is 335 g/mol. The molecule has 0 aliphatic heterocycles. The number of rotatable bonds is 4.